The van der Waals surface area contributed by atoms with Crippen LogP contribution in [0.3, 0.4) is 0 Å². The summed E-state index contributed by atoms with van der Waals surface area (Å²) in [5.74, 6) is -3.85. The van der Waals surface area contributed by atoms with Crippen LogP contribution in [0.1, 0.15) is 77.7 Å². The number of carbonyl (C=O) groups excluding carboxylic acids is 5. The van der Waals surface area contributed by atoms with Crippen LogP contribution >= 0.6 is 11.6 Å². The maximum absolute atomic E-state index is 14.6. The Balaban J connectivity index is 1.27. The molecule has 0 saturated heterocycles. The van der Waals surface area contributed by atoms with Crippen LogP contribution in [0.25, 0.3) is 0 Å². The number of alkyl halides is 1. The molecule has 20 heteroatoms. The largest absolute Gasteiger partial charge is 0.514 e. The Kier molecular flexibility index (Phi) is 14.3. The Bertz CT molecular complexity index is 1910. The minimum atomic E-state index is -1.93. The highest BCUT2D eigenvalue weighted by Gasteiger charge is 2.76. The zero-order chi connectivity index (χ0) is 44.0. The van der Waals surface area contributed by atoms with Crippen LogP contribution in [0, 0.1) is 48.8 Å². The predicted octanol–water partition coefficient (Wildman–Crippen LogP) is 4.33. The Labute approximate surface area is 350 Å². The number of Topliss-reactive ketones (excluding diaryl/α,β-unsaturated/α-hetero) is 1. The molecule has 0 bridgehead atoms. The summed E-state index contributed by atoms with van der Waals surface area (Å²) in [5, 5.41) is 31.1. The number of aliphatic hydroxyl groups is 1. The van der Waals surface area contributed by atoms with Gasteiger partial charge in [-0.3, -0.25) is 19.2 Å². The monoisotopic (exact) mass is 863 g/mol. The van der Waals surface area contributed by atoms with Gasteiger partial charge in [0.1, 0.15) is 11.8 Å². The maximum atomic E-state index is 14.6. The van der Waals surface area contributed by atoms with E-state index in [1.807, 2.05) is 6.92 Å². The molecule has 60 heavy (non-hydrogen) atoms. The summed E-state index contributed by atoms with van der Waals surface area (Å²) in [6.07, 6.45) is 3.83. The van der Waals surface area contributed by atoms with Gasteiger partial charge in [-0.15, -0.1) is 31.8 Å². The molecule has 1 aromatic rings. The maximum Gasteiger partial charge on any atom is 0.514 e. The van der Waals surface area contributed by atoms with Gasteiger partial charge in [-0.25, -0.2) is 4.79 Å². The van der Waals surface area contributed by atoms with Crippen LogP contribution in [0.2, 0.25) is 0 Å². The first kappa shape index (κ1) is 45.9. The zero-order valence-electron chi connectivity index (χ0n) is 33.5. The van der Waals surface area contributed by atoms with Gasteiger partial charge in [0, 0.05) is 23.2 Å². The molecule has 3 fully saturated rings. The highest BCUT2D eigenvalue weighted by molar-refractivity contribution is 6.26. The van der Waals surface area contributed by atoms with Gasteiger partial charge in [-0.05, 0) is 93.1 Å². The second kappa shape index (κ2) is 18.6. The number of carbonyl (C=O) groups is 5. The number of nitrogens with zero attached hydrogens (tertiary/aromatic N) is 2. The minimum Gasteiger partial charge on any atom is -0.465 e. The molecule has 4 aliphatic carbocycles. The number of esters is 2. The fourth-order valence-electron chi connectivity index (χ4n) is 10.00. The highest BCUT2D eigenvalue weighted by atomic mass is 35.5. The molecule has 0 amide bonds. The van der Waals surface area contributed by atoms with Gasteiger partial charge in [0.15, 0.2) is 18.0 Å². The van der Waals surface area contributed by atoms with Crippen molar-refractivity contribution in [1.29, 1.82) is 0 Å². The van der Waals surface area contributed by atoms with Crippen LogP contribution in [0.4, 0.5) is 4.79 Å². The number of nitrogens with two attached hydrogens (primary N) is 1. The second-order valence-corrected chi connectivity index (χ2v) is 16.8. The summed E-state index contributed by atoms with van der Waals surface area (Å²) in [4.78, 5) is 93.8. The van der Waals surface area contributed by atoms with Crippen LogP contribution in [-0.2, 0) is 49.5 Å². The number of allylic oxidation sites excluding steroid dienone is 4. The number of unbranched alkanes of at least 4 members (excludes halogenated alkanes) is 1. The molecule has 0 aromatic heterocycles. The van der Waals surface area contributed by atoms with Crippen molar-refractivity contribution in [2.24, 2.45) is 34.3 Å². The molecule has 0 heterocycles. The minimum absolute atomic E-state index is 0.00520. The van der Waals surface area contributed by atoms with Gasteiger partial charge in [0.25, 0.3) is 10.2 Å². The zero-order valence-corrected chi connectivity index (χ0v) is 34.3. The van der Waals surface area contributed by atoms with E-state index >= 15 is 0 Å². The third-order valence-corrected chi connectivity index (χ3v) is 13.7. The molecular formula is C40H50ClN3O16. The van der Waals surface area contributed by atoms with Crippen LogP contribution in [0.5, 0.6) is 5.75 Å². The summed E-state index contributed by atoms with van der Waals surface area (Å²) in [5.41, 5.74) is 3.33. The molecule has 3 saturated carbocycles. The Hall–Kier alpha value is -5.14. The predicted molar refractivity (Wildman–Crippen MR) is 207 cm³/mol. The van der Waals surface area contributed by atoms with Gasteiger partial charge in [0.05, 0.1) is 30.8 Å². The molecule has 0 radical (unpaired) electrons. The molecule has 19 nitrogen and oxygen atoms in total. The van der Waals surface area contributed by atoms with Crippen molar-refractivity contribution in [3.8, 4) is 5.75 Å². The summed E-state index contributed by atoms with van der Waals surface area (Å²) in [6.45, 7) is 4.02. The molecule has 9 atom stereocenters. The number of aliphatic hydroxyl groups excluding tert-OH is 1. The number of ketones is 2. The van der Waals surface area contributed by atoms with Crippen molar-refractivity contribution >= 4 is 41.3 Å². The van der Waals surface area contributed by atoms with Gasteiger partial charge in [-0.2, -0.15) is 0 Å². The number of benzene rings is 1. The first-order valence-electron chi connectivity index (χ1n) is 19.7. The lowest BCUT2D eigenvalue weighted by molar-refractivity contribution is -0.757. The molecular weight excluding hydrogens is 814 g/mol. The molecule has 0 aliphatic heterocycles. The number of ether oxygens (including phenoxy) is 4. The summed E-state index contributed by atoms with van der Waals surface area (Å²) >= 11 is 7.58. The lowest BCUT2D eigenvalue weighted by Crippen LogP contribution is -2.69. The van der Waals surface area contributed by atoms with Gasteiger partial charge < -0.3 is 39.5 Å². The molecule has 2 unspecified atom stereocenters. The van der Waals surface area contributed by atoms with Gasteiger partial charge in [-0.1, -0.05) is 44.6 Å². The average Bonchev–Trinajstić information content (AvgIpc) is 3.40. The SMILES string of the molecule is C[C@H]1CC2C3CCC4=CC(=O)C=C[C@]4(C)[C@@]3(Cl)[C@@H](O)C[C@]2(C)[C@@]1(OC(=O)CCCO[N+](=O)[O-])C(=O)COC(=O)Oc1ccc(C[C@@H](N)C(=O)OCCCCO[N+](=O)[O-])cc1. The average molecular weight is 864 g/mol. The van der Waals surface area contributed by atoms with E-state index in [2.05, 4.69) is 9.68 Å². The fourth-order valence-corrected chi connectivity index (χ4v) is 10.5. The van der Waals surface area contributed by atoms with E-state index in [0.717, 1.165) is 5.57 Å². The number of hydrogen-bond donors (Lipinski definition) is 2. The van der Waals surface area contributed by atoms with Crippen molar-refractivity contribution in [2.75, 3.05) is 26.4 Å². The third-order valence-electron chi connectivity index (χ3n) is 12.8. The topological polar surface area (TPSA) is 273 Å². The third kappa shape index (κ3) is 9.12. The molecule has 3 N–H and O–H groups in total. The smallest absolute Gasteiger partial charge is 0.465 e. The number of hydrogen-bond acceptors (Lipinski definition) is 17. The quantitative estimate of drug-likeness (QED) is 0.0372. The summed E-state index contributed by atoms with van der Waals surface area (Å²) < 4.78 is 21.9. The first-order valence-corrected chi connectivity index (χ1v) is 20.1. The van der Waals surface area contributed by atoms with Crippen molar-refractivity contribution < 1.29 is 67.9 Å². The van der Waals surface area contributed by atoms with Crippen molar-refractivity contribution in [3.63, 3.8) is 0 Å². The highest BCUT2D eigenvalue weighted by Crippen LogP contribution is 2.72. The van der Waals surface area contributed by atoms with Crippen molar-refractivity contribution in [1.82, 2.24) is 0 Å². The summed E-state index contributed by atoms with van der Waals surface area (Å²) in [6, 6.07) is 4.94. The number of rotatable bonds is 19. The Morgan fingerprint density at radius 2 is 1.63 bits per heavy atom. The lowest BCUT2D eigenvalue weighted by atomic mass is 9.45. The van der Waals surface area contributed by atoms with Crippen LogP contribution in [0.15, 0.2) is 48.1 Å². The van der Waals surface area contributed by atoms with E-state index in [-0.39, 0.29) is 63.0 Å². The van der Waals surface area contributed by atoms with E-state index in [1.165, 1.54) is 18.2 Å². The van der Waals surface area contributed by atoms with E-state index < -0.39 is 85.9 Å². The van der Waals surface area contributed by atoms with Gasteiger partial charge >= 0.3 is 18.1 Å². The van der Waals surface area contributed by atoms with Crippen molar-refractivity contribution in [3.05, 3.63) is 73.9 Å². The Morgan fingerprint density at radius 3 is 2.30 bits per heavy atom. The molecule has 328 valence electrons. The fraction of sp³-hybridized carbons (Fsp3) is 0.625. The standard InChI is InChI=1S/C40H50ClN3O16/c1-24-19-30-29-13-10-26-21-27(45)14-15-37(26,2)39(29,41)32(46)22-38(30,3)40(24,60-34(48)7-6-18-58-44(53)54)33(47)23-56-36(50)59-28-11-8-25(9-12-28)20-31(42)35(49)55-16-4-5-17-57-43(51)52/h8-9,11-12,14-15,21,24,29-32,46H,4-7,10,13,16-20,22-23,42H2,1-3H3/t24-,29?,30?,31+,32-,37-,38-,39-,40-/m0/s1. The molecule has 1 aromatic carbocycles. The number of halogens is 1. The molecule has 0 spiro atoms. The Morgan fingerprint density at radius 1 is 0.983 bits per heavy atom. The van der Waals surface area contributed by atoms with Crippen LogP contribution < -0.4 is 10.5 Å². The van der Waals surface area contributed by atoms with E-state index in [9.17, 15) is 49.3 Å². The second-order valence-electron chi connectivity index (χ2n) is 16.2. The molecule has 4 aliphatic rings. The number of fused-ring (bicyclic) bond motifs is 5. The summed E-state index contributed by atoms with van der Waals surface area (Å²) in [7, 11) is 0. The van der Waals surface area contributed by atoms with E-state index in [1.54, 1.807) is 38.1 Å². The van der Waals surface area contributed by atoms with E-state index in [0.29, 0.717) is 37.7 Å². The van der Waals surface area contributed by atoms with Crippen LogP contribution in [-0.4, -0.2) is 94.0 Å². The normalized spacial score (nSPS) is 30.6. The molecule has 5 rings (SSSR count). The van der Waals surface area contributed by atoms with Crippen molar-refractivity contribution in [2.45, 2.75) is 101 Å². The lowest BCUT2D eigenvalue weighted by Gasteiger charge is -2.64. The van der Waals surface area contributed by atoms with E-state index in [4.69, 9.17) is 36.3 Å². The van der Waals surface area contributed by atoms with Gasteiger partial charge in [0.2, 0.25) is 5.78 Å². The first-order chi connectivity index (χ1) is 28.3.